The van der Waals surface area contributed by atoms with Crippen molar-refractivity contribution in [2.24, 2.45) is 5.92 Å². The van der Waals surface area contributed by atoms with Crippen LogP contribution < -0.4 is 5.32 Å². The molecule has 6 nitrogen and oxygen atoms in total. The number of hydrogen-bond acceptors (Lipinski definition) is 5. The van der Waals surface area contributed by atoms with Crippen LogP contribution in [-0.2, 0) is 9.53 Å². The van der Waals surface area contributed by atoms with E-state index in [1.807, 2.05) is 13.8 Å². The maximum Gasteiger partial charge on any atom is 0.344 e. The monoisotopic (exact) mass is 254 g/mol. The number of aryl methyl sites for hydroxylation is 2. The molecule has 0 unspecified atom stereocenters. The maximum atomic E-state index is 11.7. The number of ether oxygens (including phenoxy) is 1. The molecule has 0 spiro atoms. The van der Waals surface area contributed by atoms with E-state index in [-0.39, 0.29) is 18.1 Å². The second kappa shape index (κ2) is 6.18. The number of aromatic nitrogens is 1. The lowest BCUT2D eigenvalue weighted by atomic mass is 10.2. The summed E-state index contributed by atoms with van der Waals surface area (Å²) in [6.45, 7) is 7.49. The number of nitrogens with zero attached hydrogens (tertiary/aromatic N) is 1. The third kappa shape index (κ3) is 3.87. The van der Waals surface area contributed by atoms with E-state index in [1.165, 1.54) is 0 Å². The van der Waals surface area contributed by atoms with Gasteiger partial charge < -0.3 is 14.6 Å². The van der Waals surface area contributed by atoms with Gasteiger partial charge in [-0.1, -0.05) is 19.0 Å². The number of esters is 1. The Hall–Kier alpha value is -1.85. The first-order valence-corrected chi connectivity index (χ1v) is 5.78. The highest BCUT2D eigenvalue weighted by atomic mass is 16.5. The Balaban J connectivity index is 2.45. The van der Waals surface area contributed by atoms with Crippen molar-refractivity contribution in [1.82, 2.24) is 10.5 Å². The van der Waals surface area contributed by atoms with Crippen LogP contribution in [0.3, 0.4) is 0 Å². The zero-order valence-corrected chi connectivity index (χ0v) is 11.1. The predicted molar refractivity (Wildman–Crippen MR) is 64.1 cm³/mol. The molecular formula is C12H18N2O4. The summed E-state index contributed by atoms with van der Waals surface area (Å²) in [6, 6.07) is 0. The van der Waals surface area contributed by atoms with Crippen LogP contribution in [0.4, 0.5) is 0 Å². The van der Waals surface area contributed by atoms with Gasteiger partial charge in [-0.3, -0.25) is 4.79 Å². The molecular weight excluding hydrogens is 236 g/mol. The van der Waals surface area contributed by atoms with Gasteiger partial charge in [-0.25, -0.2) is 4.79 Å². The second-order valence-electron chi connectivity index (χ2n) is 4.47. The van der Waals surface area contributed by atoms with Gasteiger partial charge in [0.2, 0.25) is 0 Å². The predicted octanol–water partition coefficient (Wildman–Crippen LogP) is 1.22. The molecule has 1 aromatic heterocycles. The van der Waals surface area contributed by atoms with Crippen LogP contribution >= 0.6 is 0 Å². The molecule has 0 atom stereocenters. The van der Waals surface area contributed by atoms with E-state index in [2.05, 4.69) is 10.5 Å². The Labute approximate surface area is 106 Å². The lowest BCUT2D eigenvalue weighted by Crippen LogP contribution is -2.31. The Morgan fingerprint density at radius 3 is 2.56 bits per heavy atom. The average Bonchev–Trinajstić information content (AvgIpc) is 2.63. The lowest BCUT2D eigenvalue weighted by Gasteiger charge is -2.08. The van der Waals surface area contributed by atoms with Gasteiger partial charge in [-0.05, 0) is 19.8 Å². The van der Waals surface area contributed by atoms with Crippen LogP contribution in [0.1, 0.15) is 35.7 Å². The molecule has 0 aromatic carbocycles. The first kappa shape index (κ1) is 14.2. The quantitative estimate of drug-likeness (QED) is 0.799. The number of amides is 1. The molecule has 1 rings (SSSR count). The summed E-state index contributed by atoms with van der Waals surface area (Å²) in [5.74, 6) is -0.165. The van der Waals surface area contributed by atoms with Crippen molar-refractivity contribution < 1.29 is 18.8 Å². The van der Waals surface area contributed by atoms with Gasteiger partial charge in [0.1, 0.15) is 11.3 Å². The molecule has 0 saturated heterocycles. The highest BCUT2D eigenvalue weighted by Gasteiger charge is 2.19. The van der Waals surface area contributed by atoms with Gasteiger partial charge in [-0.2, -0.15) is 0 Å². The third-order valence-corrected chi connectivity index (χ3v) is 2.28. The van der Waals surface area contributed by atoms with E-state index in [0.29, 0.717) is 23.9 Å². The van der Waals surface area contributed by atoms with Crippen molar-refractivity contribution in [2.75, 3.05) is 13.2 Å². The minimum absolute atomic E-state index is 0.284. The first-order chi connectivity index (χ1) is 8.41. The van der Waals surface area contributed by atoms with Crippen LogP contribution in [0, 0.1) is 19.8 Å². The zero-order valence-electron chi connectivity index (χ0n) is 11.1. The standard InChI is InChI=1S/C12H18N2O4/c1-7(2)5-13-10(15)6-17-12(16)11-8(3)14-18-9(11)4/h7H,5-6H2,1-4H3,(H,13,15). The van der Waals surface area contributed by atoms with Crippen LogP contribution in [0.15, 0.2) is 4.52 Å². The molecule has 1 N–H and O–H groups in total. The van der Waals surface area contributed by atoms with E-state index in [0.717, 1.165) is 0 Å². The Bertz CT molecular complexity index is 418. The van der Waals surface area contributed by atoms with Crippen molar-refractivity contribution in [3.8, 4) is 0 Å². The van der Waals surface area contributed by atoms with Crippen molar-refractivity contribution in [3.63, 3.8) is 0 Å². The minimum Gasteiger partial charge on any atom is -0.452 e. The van der Waals surface area contributed by atoms with E-state index in [9.17, 15) is 9.59 Å². The number of carbonyl (C=O) groups is 2. The van der Waals surface area contributed by atoms with Crippen molar-refractivity contribution in [3.05, 3.63) is 17.0 Å². The smallest absolute Gasteiger partial charge is 0.344 e. The fraction of sp³-hybridized carbons (Fsp3) is 0.583. The SMILES string of the molecule is Cc1noc(C)c1C(=O)OCC(=O)NCC(C)C. The highest BCUT2D eigenvalue weighted by molar-refractivity contribution is 5.93. The molecule has 0 aliphatic rings. The molecule has 0 aliphatic heterocycles. The molecule has 0 bridgehead atoms. The molecule has 6 heteroatoms. The molecule has 0 aliphatic carbocycles. The van der Waals surface area contributed by atoms with Gasteiger partial charge in [0.05, 0.1) is 5.69 Å². The first-order valence-electron chi connectivity index (χ1n) is 5.78. The number of hydrogen-bond donors (Lipinski definition) is 1. The number of carbonyl (C=O) groups excluding carboxylic acids is 2. The summed E-state index contributed by atoms with van der Waals surface area (Å²) in [4.78, 5) is 23.1. The fourth-order valence-electron chi connectivity index (χ4n) is 1.35. The molecule has 0 saturated carbocycles. The summed E-state index contributed by atoms with van der Waals surface area (Å²) in [5.41, 5.74) is 0.742. The molecule has 1 heterocycles. The average molecular weight is 254 g/mol. The summed E-state index contributed by atoms with van der Waals surface area (Å²) in [7, 11) is 0. The number of rotatable bonds is 5. The largest absolute Gasteiger partial charge is 0.452 e. The van der Waals surface area contributed by atoms with Crippen LogP contribution in [0.25, 0.3) is 0 Å². The van der Waals surface area contributed by atoms with E-state index in [1.54, 1.807) is 13.8 Å². The molecule has 18 heavy (non-hydrogen) atoms. The number of nitrogens with one attached hydrogen (secondary N) is 1. The molecule has 1 amide bonds. The van der Waals surface area contributed by atoms with E-state index < -0.39 is 5.97 Å². The topological polar surface area (TPSA) is 81.4 Å². The Kier molecular flexibility index (Phi) is 4.88. The summed E-state index contributed by atoms with van der Waals surface area (Å²) >= 11 is 0. The summed E-state index contributed by atoms with van der Waals surface area (Å²) < 4.78 is 9.74. The Morgan fingerprint density at radius 2 is 2.06 bits per heavy atom. The molecule has 100 valence electrons. The fourth-order valence-corrected chi connectivity index (χ4v) is 1.35. The molecule has 0 fully saturated rings. The van der Waals surface area contributed by atoms with Gasteiger partial charge >= 0.3 is 5.97 Å². The zero-order chi connectivity index (χ0) is 13.7. The third-order valence-electron chi connectivity index (χ3n) is 2.28. The van der Waals surface area contributed by atoms with Crippen molar-refractivity contribution in [2.45, 2.75) is 27.7 Å². The highest BCUT2D eigenvalue weighted by Crippen LogP contribution is 2.13. The molecule has 1 aromatic rings. The lowest BCUT2D eigenvalue weighted by molar-refractivity contribution is -0.124. The summed E-state index contributed by atoms with van der Waals surface area (Å²) in [5, 5.41) is 6.30. The van der Waals surface area contributed by atoms with Crippen molar-refractivity contribution in [1.29, 1.82) is 0 Å². The van der Waals surface area contributed by atoms with E-state index >= 15 is 0 Å². The van der Waals surface area contributed by atoms with Crippen molar-refractivity contribution >= 4 is 11.9 Å². The van der Waals surface area contributed by atoms with Gasteiger partial charge in [0.25, 0.3) is 5.91 Å². The minimum atomic E-state index is -0.592. The molecule has 0 radical (unpaired) electrons. The Morgan fingerprint density at radius 1 is 1.39 bits per heavy atom. The second-order valence-corrected chi connectivity index (χ2v) is 4.47. The van der Waals surface area contributed by atoms with Gasteiger partial charge in [0.15, 0.2) is 6.61 Å². The van der Waals surface area contributed by atoms with E-state index in [4.69, 9.17) is 9.26 Å². The van der Waals surface area contributed by atoms with Crippen LogP contribution in [-0.4, -0.2) is 30.2 Å². The van der Waals surface area contributed by atoms with Crippen LogP contribution in [0.2, 0.25) is 0 Å². The maximum absolute atomic E-state index is 11.7. The van der Waals surface area contributed by atoms with Crippen LogP contribution in [0.5, 0.6) is 0 Å². The van der Waals surface area contributed by atoms with Gasteiger partial charge in [-0.15, -0.1) is 0 Å². The summed E-state index contributed by atoms with van der Waals surface area (Å²) in [6.07, 6.45) is 0. The normalized spacial score (nSPS) is 10.5. The van der Waals surface area contributed by atoms with Gasteiger partial charge in [0, 0.05) is 6.54 Å².